The van der Waals surface area contributed by atoms with Gasteiger partial charge in [0.25, 0.3) is 0 Å². The predicted molar refractivity (Wildman–Crippen MR) is 74.2 cm³/mol. The van der Waals surface area contributed by atoms with E-state index >= 15 is 0 Å². The third kappa shape index (κ3) is 6.68. The fourth-order valence-corrected chi connectivity index (χ4v) is 1.43. The molecule has 1 rings (SSSR count). The van der Waals surface area contributed by atoms with E-state index in [0.717, 1.165) is 0 Å². The number of carbonyl (C=O) groups excluding carboxylic acids is 2. The topological polar surface area (TPSA) is 88.7 Å². The summed E-state index contributed by atoms with van der Waals surface area (Å²) in [6.07, 6.45) is -0.558. The highest BCUT2D eigenvalue weighted by Crippen LogP contribution is 2.08. The average molecular weight is 299 g/mol. The van der Waals surface area contributed by atoms with Crippen LogP contribution in [0.15, 0.2) is 24.3 Å². The molecule has 0 atom stereocenters. The van der Waals surface area contributed by atoms with Gasteiger partial charge in [0.1, 0.15) is 5.82 Å². The Labute approximate surface area is 121 Å². The fraction of sp³-hybridized carbons (Fsp3) is 0.385. The number of hydrogen-bond acceptors (Lipinski definition) is 4. The number of hydrogen-bond donors (Lipinski definition) is 3. The van der Waals surface area contributed by atoms with Gasteiger partial charge in [-0.3, -0.25) is 4.79 Å². The van der Waals surface area contributed by atoms with E-state index in [2.05, 4.69) is 16.0 Å². The molecule has 1 aromatic carbocycles. The van der Waals surface area contributed by atoms with E-state index in [-0.39, 0.29) is 13.1 Å². The molecule has 0 saturated heterocycles. The van der Waals surface area contributed by atoms with Crippen LogP contribution in [0.3, 0.4) is 0 Å². The van der Waals surface area contributed by atoms with Crippen molar-refractivity contribution in [2.75, 3.05) is 32.6 Å². The predicted octanol–water partition coefficient (Wildman–Crippen LogP) is 0.682. The van der Waals surface area contributed by atoms with Gasteiger partial charge in [-0.2, -0.15) is 0 Å². The molecule has 3 N–H and O–H groups in total. The van der Waals surface area contributed by atoms with E-state index < -0.39 is 24.0 Å². The minimum atomic E-state index is -0.558. The third-order valence-corrected chi connectivity index (χ3v) is 2.47. The van der Waals surface area contributed by atoms with Gasteiger partial charge >= 0.3 is 6.03 Å². The molecule has 0 aliphatic heterocycles. The first-order valence-electron chi connectivity index (χ1n) is 6.18. The second-order valence-electron chi connectivity index (χ2n) is 4.02. The SMILES string of the molecule is COC(CNC(=O)NCC(=O)Nc1cccc(F)c1)OC. The molecule has 0 radical (unpaired) electrons. The summed E-state index contributed by atoms with van der Waals surface area (Å²) < 4.78 is 22.7. The van der Waals surface area contributed by atoms with Crippen molar-refractivity contribution in [3.63, 3.8) is 0 Å². The number of ether oxygens (including phenoxy) is 2. The monoisotopic (exact) mass is 299 g/mol. The van der Waals surface area contributed by atoms with Gasteiger partial charge in [0.15, 0.2) is 6.29 Å². The normalized spacial score (nSPS) is 10.3. The summed E-state index contributed by atoms with van der Waals surface area (Å²) in [6.45, 7) is -0.0999. The molecule has 7 nitrogen and oxygen atoms in total. The maximum atomic E-state index is 12.9. The zero-order chi connectivity index (χ0) is 15.7. The Morgan fingerprint density at radius 2 is 1.95 bits per heavy atom. The number of methoxy groups -OCH3 is 2. The molecule has 0 aliphatic carbocycles. The summed E-state index contributed by atoms with van der Waals surface area (Å²) in [5.41, 5.74) is 0.320. The van der Waals surface area contributed by atoms with E-state index in [1.54, 1.807) is 6.07 Å². The molecule has 3 amide bonds. The Balaban J connectivity index is 2.28. The van der Waals surface area contributed by atoms with Crippen molar-refractivity contribution >= 4 is 17.6 Å². The Morgan fingerprint density at radius 3 is 2.57 bits per heavy atom. The minimum absolute atomic E-state index is 0.143. The Kier molecular flexibility index (Phi) is 7.13. The number of anilines is 1. The molecule has 0 heterocycles. The third-order valence-electron chi connectivity index (χ3n) is 2.47. The summed E-state index contributed by atoms with van der Waals surface area (Å²) in [4.78, 5) is 23.0. The van der Waals surface area contributed by atoms with Crippen LogP contribution in [0, 0.1) is 5.82 Å². The summed E-state index contributed by atoms with van der Waals surface area (Å²) in [6, 6.07) is 4.93. The van der Waals surface area contributed by atoms with E-state index in [0.29, 0.717) is 5.69 Å². The maximum absolute atomic E-state index is 12.9. The molecule has 0 saturated carbocycles. The van der Waals surface area contributed by atoms with Crippen LogP contribution in [0.2, 0.25) is 0 Å². The van der Waals surface area contributed by atoms with Crippen LogP contribution in [0.25, 0.3) is 0 Å². The molecule has 0 aromatic heterocycles. The van der Waals surface area contributed by atoms with Crippen LogP contribution in [-0.4, -0.2) is 45.5 Å². The Bertz CT molecular complexity index is 480. The van der Waals surface area contributed by atoms with Crippen LogP contribution < -0.4 is 16.0 Å². The second-order valence-corrected chi connectivity index (χ2v) is 4.02. The lowest BCUT2D eigenvalue weighted by molar-refractivity contribution is -0.115. The summed E-state index contributed by atoms with van der Waals surface area (Å²) >= 11 is 0. The molecule has 21 heavy (non-hydrogen) atoms. The molecule has 0 unspecified atom stereocenters. The van der Waals surface area contributed by atoms with E-state index in [4.69, 9.17) is 9.47 Å². The van der Waals surface area contributed by atoms with Gasteiger partial charge in [-0.1, -0.05) is 6.07 Å². The molecule has 0 bridgehead atoms. The number of amides is 3. The number of carbonyl (C=O) groups is 2. The molecule has 0 fully saturated rings. The molecular formula is C13H18FN3O4. The van der Waals surface area contributed by atoms with Gasteiger partial charge in [0.2, 0.25) is 5.91 Å². The molecule has 116 valence electrons. The molecule has 0 aliphatic rings. The van der Waals surface area contributed by atoms with Crippen LogP contribution in [0.5, 0.6) is 0 Å². The largest absolute Gasteiger partial charge is 0.354 e. The Hall–Kier alpha value is -2.19. The van der Waals surface area contributed by atoms with E-state index in [9.17, 15) is 14.0 Å². The first-order chi connectivity index (χ1) is 10.0. The van der Waals surface area contributed by atoms with E-state index in [1.807, 2.05) is 0 Å². The summed E-state index contributed by atoms with van der Waals surface area (Å²) in [5.74, 6) is -0.922. The van der Waals surface area contributed by atoms with Gasteiger partial charge in [0, 0.05) is 19.9 Å². The van der Waals surface area contributed by atoms with Crippen LogP contribution in [0.4, 0.5) is 14.9 Å². The average Bonchev–Trinajstić information content (AvgIpc) is 2.46. The zero-order valence-electron chi connectivity index (χ0n) is 11.8. The fourth-order valence-electron chi connectivity index (χ4n) is 1.43. The smallest absolute Gasteiger partial charge is 0.315 e. The van der Waals surface area contributed by atoms with E-state index in [1.165, 1.54) is 32.4 Å². The number of nitrogens with one attached hydrogen (secondary N) is 3. The molecular weight excluding hydrogens is 281 g/mol. The van der Waals surface area contributed by atoms with Crippen molar-refractivity contribution in [3.8, 4) is 0 Å². The molecule has 8 heteroatoms. The van der Waals surface area contributed by atoms with Crippen molar-refractivity contribution in [2.45, 2.75) is 6.29 Å². The lowest BCUT2D eigenvalue weighted by Gasteiger charge is -2.14. The summed E-state index contributed by atoms with van der Waals surface area (Å²) in [7, 11) is 2.89. The minimum Gasteiger partial charge on any atom is -0.354 e. The van der Waals surface area contributed by atoms with Crippen LogP contribution in [0.1, 0.15) is 0 Å². The van der Waals surface area contributed by atoms with Crippen molar-refractivity contribution in [2.24, 2.45) is 0 Å². The maximum Gasteiger partial charge on any atom is 0.315 e. The van der Waals surface area contributed by atoms with Gasteiger partial charge in [-0.05, 0) is 18.2 Å². The van der Waals surface area contributed by atoms with Crippen LogP contribution in [-0.2, 0) is 14.3 Å². The first kappa shape index (κ1) is 16.9. The number of rotatable bonds is 7. The van der Waals surface area contributed by atoms with Crippen molar-refractivity contribution in [3.05, 3.63) is 30.1 Å². The quantitative estimate of drug-likeness (QED) is 0.646. The van der Waals surface area contributed by atoms with Crippen LogP contribution >= 0.6 is 0 Å². The van der Waals surface area contributed by atoms with Crippen molar-refractivity contribution in [1.82, 2.24) is 10.6 Å². The van der Waals surface area contributed by atoms with Crippen molar-refractivity contribution in [1.29, 1.82) is 0 Å². The number of halogens is 1. The lowest BCUT2D eigenvalue weighted by atomic mass is 10.3. The lowest BCUT2D eigenvalue weighted by Crippen LogP contribution is -2.43. The van der Waals surface area contributed by atoms with Gasteiger partial charge < -0.3 is 25.4 Å². The highest BCUT2D eigenvalue weighted by molar-refractivity contribution is 5.94. The second kappa shape index (κ2) is 8.88. The zero-order valence-corrected chi connectivity index (χ0v) is 11.8. The highest BCUT2D eigenvalue weighted by atomic mass is 19.1. The molecule has 1 aromatic rings. The standard InChI is InChI=1S/C13H18FN3O4/c1-20-12(21-2)8-16-13(19)15-7-11(18)17-10-5-3-4-9(14)6-10/h3-6,12H,7-8H2,1-2H3,(H,17,18)(H2,15,16,19). The first-order valence-corrected chi connectivity index (χ1v) is 6.18. The Morgan fingerprint density at radius 1 is 1.24 bits per heavy atom. The molecule has 0 spiro atoms. The van der Waals surface area contributed by atoms with Crippen molar-refractivity contribution < 1.29 is 23.5 Å². The summed E-state index contributed by atoms with van der Waals surface area (Å²) in [5, 5.41) is 7.28. The van der Waals surface area contributed by atoms with Gasteiger partial charge in [-0.15, -0.1) is 0 Å². The number of urea groups is 1. The van der Waals surface area contributed by atoms with Gasteiger partial charge in [-0.25, -0.2) is 9.18 Å². The highest BCUT2D eigenvalue weighted by Gasteiger charge is 2.09. The van der Waals surface area contributed by atoms with Gasteiger partial charge in [0.05, 0.1) is 13.1 Å². The number of benzene rings is 1.